The minimum atomic E-state index is -0.202. The van der Waals surface area contributed by atoms with Crippen LogP contribution in [0.3, 0.4) is 0 Å². The Hall–Kier alpha value is -2.02. The largest absolute Gasteiger partial charge is 0.376 e. The maximum Gasteiger partial charge on any atom is 0.274 e. The van der Waals surface area contributed by atoms with Crippen LogP contribution in [0.25, 0.3) is 0 Å². The first-order valence-corrected chi connectivity index (χ1v) is 9.56. The summed E-state index contributed by atoms with van der Waals surface area (Å²) < 4.78 is 5.66. The van der Waals surface area contributed by atoms with Gasteiger partial charge in [0.15, 0.2) is 0 Å². The zero-order valence-corrected chi connectivity index (χ0v) is 15.9. The molecule has 1 aromatic rings. The van der Waals surface area contributed by atoms with Crippen LogP contribution in [-0.2, 0) is 9.53 Å². The molecule has 1 aliphatic heterocycles. The molecule has 144 valence electrons. The lowest BCUT2D eigenvalue weighted by Gasteiger charge is -2.25. The van der Waals surface area contributed by atoms with Gasteiger partial charge in [-0.15, -0.1) is 0 Å². The number of carbonyl (C=O) groups is 2. The van der Waals surface area contributed by atoms with Gasteiger partial charge < -0.3 is 15.0 Å². The standard InChI is InChI=1S/C19H30N4O3/c1-3-4-5-9-20-18(24)8-10-23(14-16-7-6-11-26-16)19(25)17-13-21-15(2)12-22-17/h12-13,16H,3-11,14H2,1-2H3,(H,20,24). The van der Waals surface area contributed by atoms with E-state index in [1.165, 1.54) is 6.20 Å². The molecule has 1 atom stereocenters. The second-order valence-corrected chi connectivity index (χ2v) is 6.74. The van der Waals surface area contributed by atoms with Gasteiger partial charge in [-0.1, -0.05) is 19.8 Å². The van der Waals surface area contributed by atoms with Crippen molar-refractivity contribution in [3.8, 4) is 0 Å². The van der Waals surface area contributed by atoms with E-state index in [9.17, 15) is 9.59 Å². The molecule has 0 aromatic carbocycles. The van der Waals surface area contributed by atoms with E-state index in [1.54, 1.807) is 11.1 Å². The van der Waals surface area contributed by atoms with Crippen LogP contribution in [0, 0.1) is 6.92 Å². The summed E-state index contributed by atoms with van der Waals surface area (Å²) in [6.45, 7) is 6.22. The van der Waals surface area contributed by atoms with Crippen LogP contribution in [0.2, 0.25) is 0 Å². The Kier molecular flexibility index (Phi) is 8.47. The zero-order valence-electron chi connectivity index (χ0n) is 15.9. The lowest BCUT2D eigenvalue weighted by Crippen LogP contribution is -2.40. The molecule has 26 heavy (non-hydrogen) atoms. The monoisotopic (exact) mass is 362 g/mol. The summed E-state index contributed by atoms with van der Waals surface area (Å²) in [5.74, 6) is -0.229. The van der Waals surface area contributed by atoms with Gasteiger partial charge in [-0.3, -0.25) is 14.6 Å². The second kappa shape index (κ2) is 10.9. The first kappa shape index (κ1) is 20.3. The molecule has 1 N–H and O–H groups in total. The van der Waals surface area contributed by atoms with Crippen molar-refractivity contribution < 1.29 is 14.3 Å². The lowest BCUT2D eigenvalue weighted by molar-refractivity contribution is -0.121. The number of aromatic nitrogens is 2. The van der Waals surface area contributed by atoms with Crippen molar-refractivity contribution in [1.82, 2.24) is 20.2 Å². The van der Waals surface area contributed by atoms with Gasteiger partial charge in [0.2, 0.25) is 5.91 Å². The average Bonchev–Trinajstić information content (AvgIpc) is 3.15. The SMILES string of the molecule is CCCCCNC(=O)CCN(CC1CCCO1)C(=O)c1cnc(C)cn1. The molecule has 2 amide bonds. The van der Waals surface area contributed by atoms with Gasteiger partial charge in [0, 0.05) is 38.9 Å². The highest BCUT2D eigenvalue weighted by Crippen LogP contribution is 2.15. The minimum Gasteiger partial charge on any atom is -0.376 e. The van der Waals surface area contributed by atoms with E-state index in [0.29, 0.717) is 25.3 Å². The third kappa shape index (κ3) is 6.71. The zero-order chi connectivity index (χ0) is 18.8. The smallest absolute Gasteiger partial charge is 0.274 e. The van der Waals surface area contributed by atoms with Crippen LogP contribution in [0.4, 0.5) is 0 Å². The second-order valence-electron chi connectivity index (χ2n) is 6.74. The van der Waals surface area contributed by atoms with Crippen molar-refractivity contribution in [2.75, 3.05) is 26.2 Å². The number of rotatable bonds is 10. The molecule has 1 saturated heterocycles. The van der Waals surface area contributed by atoms with Crippen molar-refractivity contribution in [1.29, 1.82) is 0 Å². The van der Waals surface area contributed by atoms with Crippen molar-refractivity contribution >= 4 is 11.8 Å². The van der Waals surface area contributed by atoms with Crippen LogP contribution in [-0.4, -0.2) is 59.0 Å². The maximum atomic E-state index is 12.8. The number of unbranched alkanes of at least 4 members (excludes halogenated alkanes) is 2. The molecule has 1 unspecified atom stereocenters. The van der Waals surface area contributed by atoms with Gasteiger partial charge in [0.25, 0.3) is 5.91 Å². The summed E-state index contributed by atoms with van der Waals surface area (Å²) in [6, 6.07) is 0. The van der Waals surface area contributed by atoms with Crippen LogP contribution >= 0.6 is 0 Å². The number of carbonyl (C=O) groups excluding carboxylic acids is 2. The van der Waals surface area contributed by atoms with E-state index in [1.807, 2.05) is 6.92 Å². The van der Waals surface area contributed by atoms with E-state index in [2.05, 4.69) is 22.2 Å². The fourth-order valence-electron chi connectivity index (χ4n) is 2.90. The maximum absolute atomic E-state index is 12.8. The quantitative estimate of drug-likeness (QED) is 0.644. The molecule has 2 heterocycles. The predicted molar refractivity (Wildman–Crippen MR) is 98.8 cm³/mol. The van der Waals surface area contributed by atoms with Crippen LogP contribution < -0.4 is 5.32 Å². The van der Waals surface area contributed by atoms with Gasteiger partial charge in [-0.05, 0) is 26.2 Å². The molecule has 2 rings (SSSR count). The molecule has 7 nitrogen and oxygen atoms in total. The van der Waals surface area contributed by atoms with E-state index < -0.39 is 0 Å². The Balaban J connectivity index is 1.91. The number of amides is 2. The van der Waals surface area contributed by atoms with Crippen LogP contribution in [0.5, 0.6) is 0 Å². The number of ether oxygens (including phenoxy) is 1. The molecular weight excluding hydrogens is 332 g/mol. The average molecular weight is 362 g/mol. The Morgan fingerprint density at radius 2 is 2.15 bits per heavy atom. The Bertz CT molecular complexity index is 571. The molecule has 7 heteroatoms. The highest BCUT2D eigenvalue weighted by atomic mass is 16.5. The number of hydrogen-bond acceptors (Lipinski definition) is 5. The third-order valence-electron chi connectivity index (χ3n) is 4.45. The number of hydrogen-bond donors (Lipinski definition) is 1. The summed E-state index contributed by atoms with van der Waals surface area (Å²) in [5, 5.41) is 2.92. The Morgan fingerprint density at radius 1 is 1.31 bits per heavy atom. The summed E-state index contributed by atoms with van der Waals surface area (Å²) in [7, 11) is 0. The highest BCUT2D eigenvalue weighted by Gasteiger charge is 2.24. The molecule has 0 radical (unpaired) electrons. The van der Waals surface area contributed by atoms with Crippen molar-refractivity contribution in [2.45, 2.75) is 58.5 Å². The fourth-order valence-corrected chi connectivity index (χ4v) is 2.90. The summed E-state index contributed by atoms with van der Waals surface area (Å²) in [4.78, 5) is 34.8. The topological polar surface area (TPSA) is 84.4 Å². The van der Waals surface area contributed by atoms with Gasteiger partial charge in [0.05, 0.1) is 18.0 Å². The molecule has 0 bridgehead atoms. The van der Waals surface area contributed by atoms with E-state index >= 15 is 0 Å². The van der Waals surface area contributed by atoms with Gasteiger partial charge in [-0.25, -0.2) is 4.98 Å². The molecular formula is C19H30N4O3. The third-order valence-corrected chi connectivity index (χ3v) is 4.45. The van der Waals surface area contributed by atoms with Gasteiger partial charge >= 0.3 is 0 Å². The minimum absolute atomic E-state index is 0.0266. The van der Waals surface area contributed by atoms with Gasteiger partial charge in [-0.2, -0.15) is 0 Å². The summed E-state index contributed by atoms with van der Waals surface area (Å²) in [6.07, 6.45) is 8.55. The molecule has 0 saturated carbocycles. The van der Waals surface area contributed by atoms with E-state index in [4.69, 9.17) is 4.74 Å². The first-order chi connectivity index (χ1) is 12.6. The number of nitrogens with one attached hydrogen (secondary N) is 1. The molecule has 0 aliphatic carbocycles. The number of nitrogens with zero attached hydrogens (tertiary/aromatic N) is 3. The normalized spacial score (nSPS) is 16.5. The Labute approximate surface area is 155 Å². The van der Waals surface area contributed by atoms with E-state index in [-0.39, 0.29) is 24.3 Å². The molecule has 1 aliphatic rings. The first-order valence-electron chi connectivity index (χ1n) is 9.56. The molecule has 0 spiro atoms. The van der Waals surface area contributed by atoms with Crippen LogP contribution in [0.1, 0.15) is 61.6 Å². The summed E-state index contributed by atoms with van der Waals surface area (Å²) in [5.41, 5.74) is 1.07. The molecule has 1 aromatic heterocycles. The number of aryl methyl sites for hydroxylation is 1. The Morgan fingerprint density at radius 3 is 2.81 bits per heavy atom. The predicted octanol–water partition coefficient (Wildman–Crippen LogP) is 2.10. The van der Waals surface area contributed by atoms with Gasteiger partial charge in [0.1, 0.15) is 5.69 Å². The van der Waals surface area contributed by atoms with Crippen LogP contribution in [0.15, 0.2) is 12.4 Å². The summed E-state index contributed by atoms with van der Waals surface area (Å²) >= 11 is 0. The van der Waals surface area contributed by atoms with Crippen molar-refractivity contribution in [2.24, 2.45) is 0 Å². The lowest BCUT2D eigenvalue weighted by atomic mass is 10.2. The molecule has 1 fully saturated rings. The van der Waals surface area contributed by atoms with Crippen molar-refractivity contribution in [3.63, 3.8) is 0 Å². The van der Waals surface area contributed by atoms with E-state index in [0.717, 1.165) is 44.4 Å². The fraction of sp³-hybridized carbons (Fsp3) is 0.684. The van der Waals surface area contributed by atoms with Crippen molar-refractivity contribution in [3.05, 3.63) is 23.8 Å². The highest BCUT2D eigenvalue weighted by molar-refractivity contribution is 5.92.